The van der Waals surface area contributed by atoms with Gasteiger partial charge in [0.15, 0.2) is 0 Å². The maximum Gasteiger partial charge on any atom is 0.338 e. The van der Waals surface area contributed by atoms with E-state index in [2.05, 4.69) is 27.7 Å². The molecule has 0 fully saturated rings. The van der Waals surface area contributed by atoms with Gasteiger partial charge in [-0.2, -0.15) is 0 Å². The predicted octanol–water partition coefficient (Wildman–Crippen LogP) is 3.72. The van der Waals surface area contributed by atoms with Crippen molar-refractivity contribution in [2.45, 2.75) is 39.5 Å². The maximum absolute atomic E-state index is 11.8. The van der Waals surface area contributed by atoms with Gasteiger partial charge in [-0.05, 0) is 23.0 Å². The molecule has 1 rings (SSSR count). The Balaban J connectivity index is 3.41. The van der Waals surface area contributed by atoms with Crippen molar-refractivity contribution in [3.05, 3.63) is 34.9 Å². The molecule has 0 atom stereocenters. The molecule has 16 heavy (non-hydrogen) atoms. The Morgan fingerprint density at radius 2 is 1.50 bits per heavy atom. The fraction of sp³-hybridized carbons (Fsp3) is 0.500. The summed E-state index contributed by atoms with van der Waals surface area (Å²) in [6, 6.07) is 6.02. The van der Waals surface area contributed by atoms with Crippen LogP contribution >= 0.6 is 0 Å². The summed E-state index contributed by atoms with van der Waals surface area (Å²) in [5.74, 6) is 0.425. The number of rotatable bonds is 3. The van der Waals surface area contributed by atoms with Crippen molar-refractivity contribution in [1.29, 1.82) is 0 Å². The van der Waals surface area contributed by atoms with Crippen molar-refractivity contribution in [2.24, 2.45) is 0 Å². The minimum Gasteiger partial charge on any atom is -0.465 e. The monoisotopic (exact) mass is 220 g/mol. The zero-order chi connectivity index (χ0) is 12.3. The van der Waals surface area contributed by atoms with Crippen LogP contribution in [0.4, 0.5) is 0 Å². The summed E-state index contributed by atoms with van der Waals surface area (Å²) in [5, 5.41) is 0. The number of benzene rings is 1. The zero-order valence-corrected chi connectivity index (χ0v) is 10.7. The van der Waals surface area contributed by atoms with Crippen LogP contribution in [0, 0.1) is 0 Å². The van der Waals surface area contributed by atoms with E-state index in [1.54, 1.807) is 0 Å². The molecule has 1 aromatic carbocycles. The Labute approximate surface area is 97.6 Å². The highest BCUT2D eigenvalue weighted by Crippen LogP contribution is 2.28. The Kier molecular flexibility index (Phi) is 4.11. The van der Waals surface area contributed by atoms with Crippen molar-refractivity contribution in [2.75, 3.05) is 7.11 Å². The second-order valence-corrected chi connectivity index (χ2v) is 4.61. The SMILES string of the molecule is COC(=O)c1c(C(C)C)cccc1C(C)C. The molecule has 0 saturated carbocycles. The van der Waals surface area contributed by atoms with Gasteiger partial charge in [0.25, 0.3) is 0 Å². The van der Waals surface area contributed by atoms with Gasteiger partial charge in [0.1, 0.15) is 0 Å². The van der Waals surface area contributed by atoms with Crippen LogP contribution in [0.1, 0.15) is 61.0 Å². The van der Waals surface area contributed by atoms with Crippen LogP contribution < -0.4 is 0 Å². The van der Waals surface area contributed by atoms with E-state index in [1.165, 1.54) is 7.11 Å². The third-order valence-electron chi connectivity index (χ3n) is 2.76. The molecule has 0 aliphatic heterocycles. The molecule has 0 unspecified atom stereocenters. The van der Waals surface area contributed by atoms with E-state index >= 15 is 0 Å². The second kappa shape index (κ2) is 5.15. The van der Waals surface area contributed by atoms with Gasteiger partial charge in [0.05, 0.1) is 12.7 Å². The van der Waals surface area contributed by atoms with Crippen LogP contribution in [0.3, 0.4) is 0 Å². The van der Waals surface area contributed by atoms with Crippen molar-refractivity contribution >= 4 is 5.97 Å². The van der Waals surface area contributed by atoms with Gasteiger partial charge in [-0.15, -0.1) is 0 Å². The van der Waals surface area contributed by atoms with Gasteiger partial charge >= 0.3 is 5.97 Å². The van der Waals surface area contributed by atoms with Crippen molar-refractivity contribution in [3.63, 3.8) is 0 Å². The molecule has 2 heteroatoms. The first-order chi connectivity index (χ1) is 7.49. The summed E-state index contributed by atoms with van der Waals surface area (Å²) < 4.78 is 4.88. The van der Waals surface area contributed by atoms with Gasteiger partial charge < -0.3 is 4.74 Å². The quantitative estimate of drug-likeness (QED) is 0.726. The topological polar surface area (TPSA) is 26.3 Å². The van der Waals surface area contributed by atoms with E-state index in [0.717, 1.165) is 16.7 Å². The number of carbonyl (C=O) groups excluding carboxylic acids is 1. The number of ether oxygens (including phenoxy) is 1. The van der Waals surface area contributed by atoms with Crippen LogP contribution in [-0.4, -0.2) is 13.1 Å². The minimum absolute atomic E-state index is 0.229. The average molecular weight is 220 g/mol. The number of hydrogen-bond acceptors (Lipinski definition) is 2. The molecule has 88 valence electrons. The first kappa shape index (κ1) is 12.8. The van der Waals surface area contributed by atoms with Crippen LogP contribution in [-0.2, 0) is 4.74 Å². The molecule has 0 aromatic heterocycles. The van der Waals surface area contributed by atoms with E-state index in [1.807, 2.05) is 18.2 Å². The smallest absolute Gasteiger partial charge is 0.338 e. The van der Waals surface area contributed by atoms with E-state index < -0.39 is 0 Å². The Morgan fingerprint density at radius 3 is 1.81 bits per heavy atom. The molecule has 0 amide bonds. The van der Waals surface area contributed by atoms with Crippen molar-refractivity contribution in [3.8, 4) is 0 Å². The second-order valence-electron chi connectivity index (χ2n) is 4.61. The number of carbonyl (C=O) groups is 1. The third-order valence-corrected chi connectivity index (χ3v) is 2.76. The summed E-state index contributed by atoms with van der Waals surface area (Å²) in [6.07, 6.45) is 0. The Bertz CT molecular complexity index is 352. The highest BCUT2D eigenvalue weighted by atomic mass is 16.5. The van der Waals surface area contributed by atoms with E-state index in [-0.39, 0.29) is 5.97 Å². The highest BCUT2D eigenvalue weighted by molar-refractivity contribution is 5.93. The molecule has 0 radical (unpaired) electrons. The molecule has 0 aliphatic rings. The van der Waals surface area contributed by atoms with Gasteiger partial charge in [-0.25, -0.2) is 4.79 Å². The van der Waals surface area contributed by atoms with Gasteiger partial charge in [-0.1, -0.05) is 45.9 Å². The first-order valence-electron chi connectivity index (χ1n) is 5.70. The van der Waals surface area contributed by atoms with Crippen molar-refractivity contribution < 1.29 is 9.53 Å². The van der Waals surface area contributed by atoms with E-state index in [4.69, 9.17) is 4.74 Å². The molecule has 0 bridgehead atoms. The van der Waals surface area contributed by atoms with E-state index in [9.17, 15) is 4.79 Å². The molecule has 1 aromatic rings. The van der Waals surface area contributed by atoms with Gasteiger partial charge in [0, 0.05) is 0 Å². The first-order valence-corrected chi connectivity index (χ1v) is 5.70. The number of hydrogen-bond donors (Lipinski definition) is 0. The average Bonchev–Trinajstić information content (AvgIpc) is 2.26. The molecule has 0 heterocycles. The Morgan fingerprint density at radius 1 is 1.06 bits per heavy atom. The van der Waals surface area contributed by atoms with Crippen molar-refractivity contribution in [1.82, 2.24) is 0 Å². The predicted molar refractivity (Wildman–Crippen MR) is 66.0 cm³/mol. The minimum atomic E-state index is -0.229. The lowest BCUT2D eigenvalue weighted by molar-refractivity contribution is 0.0597. The fourth-order valence-corrected chi connectivity index (χ4v) is 1.89. The lowest BCUT2D eigenvalue weighted by Crippen LogP contribution is -2.11. The fourth-order valence-electron chi connectivity index (χ4n) is 1.89. The maximum atomic E-state index is 11.8. The van der Waals surface area contributed by atoms with Gasteiger partial charge in [-0.3, -0.25) is 0 Å². The molecule has 0 saturated heterocycles. The van der Waals surface area contributed by atoms with Crippen LogP contribution in [0.25, 0.3) is 0 Å². The zero-order valence-electron chi connectivity index (χ0n) is 10.7. The molecule has 0 N–H and O–H groups in total. The molecular weight excluding hydrogens is 200 g/mol. The molecule has 0 spiro atoms. The lowest BCUT2D eigenvalue weighted by Gasteiger charge is -2.17. The molecule has 2 nitrogen and oxygen atoms in total. The lowest BCUT2D eigenvalue weighted by atomic mass is 9.89. The molecular formula is C14H20O2. The summed E-state index contributed by atoms with van der Waals surface area (Å²) >= 11 is 0. The summed E-state index contributed by atoms with van der Waals surface area (Å²) in [5.41, 5.74) is 2.88. The third kappa shape index (κ3) is 2.43. The molecule has 0 aliphatic carbocycles. The summed E-state index contributed by atoms with van der Waals surface area (Å²) in [4.78, 5) is 11.8. The van der Waals surface area contributed by atoms with Gasteiger partial charge in [0.2, 0.25) is 0 Å². The van der Waals surface area contributed by atoms with Crippen LogP contribution in [0.15, 0.2) is 18.2 Å². The number of methoxy groups -OCH3 is 1. The highest BCUT2D eigenvalue weighted by Gasteiger charge is 2.19. The van der Waals surface area contributed by atoms with Crippen LogP contribution in [0.5, 0.6) is 0 Å². The largest absolute Gasteiger partial charge is 0.465 e. The standard InChI is InChI=1S/C14H20O2/c1-9(2)11-7-6-8-12(10(3)4)13(11)14(15)16-5/h6-10H,1-5H3. The van der Waals surface area contributed by atoms with Crippen LogP contribution in [0.2, 0.25) is 0 Å². The summed E-state index contributed by atoms with van der Waals surface area (Å²) in [7, 11) is 1.43. The summed E-state index contributed by atoms with van der Waals surface area (Å²) in [6.45, 7) is 8.36. The van der Waals surface area contributed by atoms with E-state index in [0.29, 0.717) is 11.8 Å². The number of esters is 1. The Hall–Kier alpha value is -1.31. The normalized spacial score (nSPS) is 10.9.